The Morgan fingerprint density at radius 2 is 2.11 bits per heavy atom. The Labute approximate surface area is 113 Å². The Bertz CT molecular complexity index is 394. The number of aliphatic hydroxyl groups is 1. The first-order valence-electron chi connectivity index (χ1n) is 6.81. The molecule has 1 amide bonds. The van der Waals surface area contributed by atoms with Crippen LogP contribution in [0.25, 0.3) is 0 Å². The van der Waals surface area contributed by atoms with E-state index in [9.17, 15) is 9.90 Å². The van der Waals surface area contributed by atoms with Crippen LogP contribution in [-0.2, 0) is 16.1 Å². The SMILES string of the molecule is O=C(COCc1ccccc1)NC1CCCC1CO. The van der Waals surface area contributed by atoms with E-state index < -0.39 is 0 Å². The number of nitrogens with one attached hydrogen (secondary N) is 1. The normalized spacial score (nSPS) is 22.4. The molecule has 0 bridgehead atoms. The van der Waals surface area contributed by atoms with Gasteiger partial charge in [0.15, 0.2) is 0 Å². The highest BCUT2D eigenvalue weighted by Gasteiger charge is 2.27. The summed E-state index contributed by atoms with van der Waals surface area (Å²) in [5, 5.41) is 12.1. The Hall–Kier alpha value is -1.39. The molecular formula is C15H21NO3. The van der Waals surface area contributed by atoms with Crippen LogP contribution in [0.5, 0.6) is 0 Å². The van der Waals surface area contributed by atoms with Crippen LogP contribution < -0.4 is 5.32 Å². The standard InChI is InChI=1S/C15H21NO3/c17-9-13-7-4-8-14(13)16-15(18)11-19-10-12-5-2-1-3-6-12/h1-3,5-6,13-14,17H,4,7-11H2,(H,16,18). The smallest absolute Gasteiger partial charge is 0.246 e. The fraction of sp³-hybridized carbons (Fsp3) is 0.533. The molecule has 0 heterocycles. The van der Waals surface area contributed by atoms with Crippen LogP contribution >= 0.6 is 0 Å². The average Bonchev–Trinajstić information content (AvgIpc) is 2.87. The largest absolute Gasteiger partial charge is 0.396 e. The highest BCUT2D eigenvalue weighted by molar-refractivity contribution is 5.77. The molecule has 1 fully saturated rings. The molecule has 1 saturated carbocycles. The molecule has 4 heteroatoms. The van der Waals surface area contributed by atoms with Crippen molar-refractivity contribution in [1.29, 1.82) is 0 Å². The van der Waals surface area contributed by atoms with Crippen molar-refractivity contribution >= 4 is 5.91 Å². The zero-order chi connectivity index (χ0) is 13.5. The van der Waals surface area contributed by atoms with Gasteiger partial charge in [0.25, 0.3) is 0 Å². The molecule has 2 unspecified atom stereocenters. The van der Waals surface area contributed by atoms with E-state index in [1.807, 2.05) is 30.3 Å². The van der Waals surface area contributed by atoms with E-state index in [2.05, 4.69) is 5.32 Å². The number of benzene rings is 1. The van der Waals surface area contributed by atoms with E-state index in [4.69, 9.17) is 4.74 Å². The summed E-state index contributed by atoms with van der Waals surface area (Å²) in [7, 11) is 0. The van der Waals surface area contributed by atoms with Crippen LogP contribution in [0.15, 0.2) is 30.3 Å². The van der Waals surface area contributed by atoms with E-state index in [0.29, 0.717) is 6.61 Å². The van der Waals surface area contributed by atoms with Crippen LogP contribution in [0.4, 0.5) is 0 Å². The van der Waals surface area contributed by atoms with Gasteiger partial charge in [-0.05, 0) is 18.4 Å². The van der Waals surface area contributed by atoms with E-state index in [1.165, 1.54) is 0 Å². The lowest BCUT2D eigenvalue weighted by Crippen LogP contribution is -2.40. The van der Waals surface area contributed by atoms with Crippen LogP contribution in [0.3, 0.4) is 0 Å². The quantitative estimate of drug-likeness (QED) is 0.817. The van der Waals surface area contributed by atoms with Crippen molar-refractivity contribution in [2.75, 3.05) is 13.2 Å². The number of rotatable bonds is 6. The Kier molecular flexibility index (Phi) is 5.36. The summed E-state index contributed by atoms with van der Waals surface area (Å²) < 4.78 is 5.39. The molecule has 1 aromatic carbocycles. The van der Waals surface area contributed by atoms with Gasteiger partial charge in [-0.15, -0.1) is 0 Å². The number of hydrogen-bond donors (Lipinski definition) is 2. The molecule has 1 aliphatic rings. The van der Waals surface area contributed by atoms with Crippen LogP contribution in [0.2, 0.25) is 0 Å². The van der Waals surface area contributed by atoms with E-state index in [0.717, 1.165) is 24.8 Å². The number of carbonyl (C=O) groups is 1. The first kappa shape index (κ1) is 14.0. The van der Waals surface area contributed by atoms with Crippen LogP contribution in [-0.4, -0.2) is 30.3 Å². The van der Waals surface area contributed by atoms with Crippen molar-refractivity contribution in [3.8, 4) is 0 Å². The van der Waals surface area contributed by atoms with Crippen LogP contribution in [0, 0.1) is 5.92 Å². The first-order chi connectivity index (χ1) is 9.29. The third-order valence-corrected chi connectivity index (χ3v) is 3.58. The number of aliphatic hydroxyl groups excluding tert-OH is 1. The summed E-state index contributed by atoms with van der Waals surface area (Å²) in [5.41, 5.74) is 1.06. The highest BCUT2D eigenvalue weighted by atomic mass is 16.5. The predicted octanol–water partition coefficient (Wildman–Crippen LogP) is 1.48. The van der Waals surface area contributed by atoms with Gasteiger partial charge in [0.2, 0.25) is 5.91 Å². The van der Waals surface area contributed by atoms with E-state index in [1.54, 1.807) is 0 Å². The Balaban J connectivity index is 1.67. The molecule has 19 heavy (non-hydrogen) atoms. The molecule has 0 aromatic heterocycles. The highest BCUT2D eigenvalue weighted by Crippen LogP contribution is 2.24. The average molecular weight is 263 g/mol. The van der Waals surface area contributed by atoms with Gasteiger partial charge in [-0.25, -0.2) is 0 Å². The molecule has 2 rings (SSSR count). The fourth-order valence-corrected chi connectivity index (χ4v) is 2.53. The Morgan fingerprint density at radius 1 is 1.32 bits per heavy atom. The molecule has 0 radical (unpaired) electrons. The monoisotopic (exact) mass is 263 g/mol. The van der Waals surface area contributed by atoms with Crippen LogP contribution in [0.1, 0.15) is 24.8 Å². The van der Waals surface area contributed by atoms with Gasteiger partial charge >= 0.3 is 0 Å². The second-order valence-electron chi connectivity index (χ2n) is 5.03. The van der Waals surface area contributed by atoms with Gasteiger partial charge in [0.1, 0.15) is 6.61 Å². The lowest BCUT2D eigenvalue weighted by Gasteiger charge is -2.18. The number of carbonyl (C=O) groups excluding carboxylic acids is 1. The van der Waals surface area contributed by atoms with Gasteiger partial charge in [-0.2, -0.15) is 0 Å². The molecule has 1 aliphatic carbocycles. The van der Waals surface area contributed by atoms with Crippen molar-refractivity contribution in [1.82, 2.24) is 5.32 Å². The zero-order valence-corrected chi connectivity index (χ0v) is 11.0. The van der Waals surface area contributed by atoms with Crippen molar-refractivity contribution in [3.63, 3.8) is 0 Å². The zero-order valence-electron chi connectivity index (χ0n) is 11.0. The third kappa shape index (κ3) is 4.33. The van der Waals surface area contributed by atoms with Crippen molar-refractivity contribution < 1.29 is 14.6 Å². The molecule has 0 aliphatic heterocycles. The summed E-state index contributed by atoms with van der Waals surface area (Å²) in [4.78, 5) is 11.7. The third-order valence-electron chi connectivity index (χ3n) is 3.58. The van der Waals surface area contributed by atoms with Gasteiger partial charge < -0.3 is 15.2 Å². The number of hydrogen-bond acceptors (Lipinski definition) is 3. The molecule has 1 aromatic rings. The minimum absolute atomic E-state index is 0.0730. The molecular weight excluding hydrogens is 242 g/mol. The second-order valence-corrected chi connectivity index (χ2v) is 5.03. The molecule has 0 saturated heterocycles. The minimum atomic E-state index is -0.0960. The lowest BCUT2D eigenvalue weighted by molar-refractivity contribution is -0.127. The summed E-state index contributed by atoms with van der Waals surface area (Å²) in [6.45, 7) is 0.668. The molecule has 2 N–H and O–H groups in total. The van der Waals surface area contributed by atoms with Gasteiger partial charge in [-0.3, -0.25) is 4.79 Å². The molecule has 0 spiro atoms. The van der Waals surface area contributed by atoms with Crippen molar-refractivity contribution in [2.24, 2.45) is 5.92 Å². The maximum Gasteiger partial charge on any atom is 0.246 e. The lowest BCUT2D eigenvalue weighted by atomic mass is 10.1. The summed E-state index contributed by atoms with van der Waals surface area (Å²) in [6.07, 6.45) is 3.02. The summed E-state index contributed by atoms with van der Waals surface area (Å²) in [6, 6.07) is 9.89. The number of amides is 1. The predicted molar refractivity (Wildman–Crippen MR) is 72.5 cm³/mol. The maximum atomic E-state index is 11.7. The summed E-state index contributed by atoms with van der Waals surface area (Å²) in [5.74, 6) is 0.111. The first-order valence-corrected chi connectivity index (χ1v) is 6.81. The topological polar surface area (TPSA) is 58.6 Å². The second kappa shape index (κ2) is 7.26. The Morgan fingerprint density at radius 3 is 2.84 bits per heavy atom. The minimum Gasteiger partial charge on any atom is -0.396 e. The van der Waals surface area contributed by atoms with E-state index in [-0.39, 0.29) is 31.1 Å². The van der Waals surface area contributed by atoms with Gasteiger partial charge in [0.05, 0.1) is 6.61 Å². The van der Waals surface area contributed by atoms with Gasteiger partial charge in [-0.1, -0.05) is 36.8 Å². The van der Waals surface area contributed by atoms with E-state index >= 15 is 0 Å². The van der Waals surface area contributed by atoms with Crippen molar-refractivity contribution in [2.45, 2.75) is 31.9 Å². The van der Waals surface area contributed by atoms with Crippen molar-refractivity contribution in [3.05, 3.63) is 35.9 Å². The van der Waals surface area contributed by atoms with Gasteiger partial charge in [0, 0.05) is 18.6 Å². The molecule has 4 nitrogen and oxygen atoms in total. The molecule has 2 atom stereocenters. The molecule has 104 valence electrons. The number of ether oxygens (including phenoxy) is 1. The fourth-order valence-electron chi connectivity index (χ4n) is 2.53. The maximum absolute atomic E-state index is 11.7. The summed E-state index contributed by atoms with van der Waals surface area (Å²) >= 11 is 0.